The Hall–Kier alpha value is -2.26. The lowest BCUT2D eigenvalue weighted by Crippen LogP contribution is -2.00. The van der Waals surface area contributed by atoms with Crippen LogP contribution in [-0.2, 0) is 11.2 Å². The molecule has 0 bridgehead atoms. The molecular weight excluding hydrogens is 310 g/mol. The molecule has 3 aromatic rings. The van der Waals surface area contributed by atoms with Crippen molar-refractivity contribution in [3.63, 3.8) is 0 Å². The molecule has 1 N–H and O–H groups in total. The van der Waals surface area contributed by atoms with Crippen LogP contribution in [0.25, 0.3) is 5.69 Å². The fourth-order valence-electron chi connectivity index (χ4n) is 1.62. The number of carboxylic acid groups (broad SMARTS) is 1. The Morgan fingerprint density at radius 3 is 2.90 bits per heavy atom. The normalized spacial score (nSPS) is 10.7. The van der Waals surface area contributed by atoms with E-state index in [4.69, 9.17) is 5.11 Å². The number of tetrazole rings is 1. The van der Waals surface area contributed by atoms with Crippen LogP contribution in [0.15, 0.2) is 45.2 Å². The van der Waals surface area contributed by atoms with Crippen LogP contribution < -0.4 is 0 Å². The number of hydrogen-bond donors (Lipinski definition) is 1. The quantitative estimate of drug-likeness (QED) is 0.767. The summed E-state index contributed by atoms with van der Waals surface area (Å²) < 4.78 is 2.32. The van der Waals surface area contributed by atoms with Gasteiger partial charge in [0.1, 0.15) is 0 Å². The molecule has 7 nitrogen and oxygen atoms in total. The zero-order valence-corrected chi connectivity index (χ0v) is 12.2. The molecule has 2 aromatic heterocycles. The predicted octanol–water partition coefficient (Wildman–Crippen LogP) is 1.90. The van der Waals surface area contributed by atoms with Crippen LogP contribution in [0, 0.1) is 0 Å². The highest BCUT2D eigenvalue weighted by Gasteiger charge is 2.13. The number of aliphatic carboxylic acids is 1. The molecule has 0 saturated carbocycles. The lowest BCUT2D eigenvalue weighted by atomic mass is 10.3. The molecule has 2 heterocycles. The van der Waals surface area contributed by atoms with Crippen molar-refractivity contribution >= 4 is 29.1 Å². The Balaban J connectivity index is 1.81. The summed E-state index contributed by atoms with van der Waals surface area (Å²) in [5.74, 6) is -0.897. The SMILES string of the molecule is O=C(O)Cc1csc(Sc2nnnn2-c2ccccc2)n1. The van der Waals surface area contributed by atoms with E-state index in [0.717, 1.165) is 5.69 Å². The van der Waals surface area contributed by atoms with Gasteiger partial charge in [-0.1, -0.05) is 18.2 Å². The van der Waals surface area contributed by atoms with E-state index in [-0.39, 0.29) is 6.42 Å². The van der Waals surface area contributed by atoms with E-state index < -0.39 is 5.97 Å². The van der Waals surface area contributed by atoms with Gasteiger partial charge in [0.25, 0.3) is 0 Å². The molecule has 0 atom stereocenters. The summed E-state index contributed by atoms with van der Waals surface area (Å²) in [6, 6.07) is 9.52. The van der Waals surface area contributed by atoms with Crippen LogP contribution in [0.2, 0.25) is 0 Å². The van der Waals surface area contributed by atoms with Crippen LogP contribution >= 0.6 is 23.1 Å². The van der Waals surface area contributed by atoms with Crippen molar-refractivity contribution < 1.29 is 9.90 Å². The van der Waals surface area contributed by atoms with Gasteiger partial charge in [-0.3, -0.25) is 4.79 Å². The predicted molar refractivity (Wildman–Crippen MR) is 76.7 cm³/mol. The Kier molecular flexibility index (Phi) is 3.93. The molecule has 0 aliphatic heterocycles. The second-order valence-electron chi connectivity index (χ2n) is 3.99. The summed E-state index contributed by atoms with van der Waals surface area (Å²) in [4.78, 5) is 14.9. The van der Waals surface area contributed by atoms with Gasteiger partial charge < -0.3 is 5.11 Å². The fourth-order valence-corrected chi connectivity index (χ4v) is 3.35. The zero-order chi connectivity index (χ0) is 14.7. The van der Waals surface area contributed by atoms with Gasteiger partial charge in [0.2, 0.25) is 5.16 Å². The van der Waals surface area contributed by atoms with Crippen LogP contribution in [0.5, 0.6) is 0 Å². The average Bonchev–Trinajstić information content (AvgIpc) is 3.09. The molecule has 9 heteroatoms. The number of hydrogen-bond acceptors (Lipinski definition) is 7. The molecule has 0 aliphatic carbocycles. The number of thiazole rings is 1. The van der Waals surface area contributed by atoms with E-state index >= 15 is 0 Å². The van der Waals surface area contributed by atoms with Gasteiger partial charge in [0, 0.05) is 5.38 Å². The summed E-state index contributed by atoms with van der Waals surface area (Å²) in [5, 5.41) is 22.7. The number of aromatic nitrogens is 5. The Labute approximate surface area is 127 Å². The molecule has 0 radical (unpaired) electrons. The van der Waals surface area contributed by atoms with Gasteiger partial charge in [-0.2, -0.15) is 4.68 Å². The van der Waals surface area contributed by atoms with Gasteiger partial charge in [0.05, 0.1) is 17.8 Å². The van der Waals surface area contributed by atoms with Crippen molar-refractivity contribution in [1.29, 1.82) is 0 Å². The van der Waals surface area contributed by atoms with Crippen molar-refractivity contribution in [3.8, 4) is 5.69 Å². The first kappa shape index (κ1) is 13.7. The van der Waals surface area contributed by atoms with Crippen molar-refractivity contribution in [2.45, 2.75) is 15.9 Å². The third-order valence-electron chi connectivity index (χ3n) is 2.48. The van der Waals surface area contributed by atoms with Crippen molar-refractivity contribution in [2.75, 3.05) is 0 Å². The second-order valence-corrected chi connectivity index (χ2v) is 6.06. The minimum Gasteiger partial charge on any atom is -0.481 e. The highest BCUT2D eigenvalue weighted by molar-refractivity contribution is 8.00. The number of carboxylic acids is 1. The largest absolute Gasteiger partial charge is 0.481 e. The Morgan fingerprint density at radius 1 is 1.33 bits per heavy atom. The maximum Gasteiger partial charge on any atom is 0.309 e. The van der Waals surface area contributed by atoms with Gasteiger partial charge in [-0.05, 0) is 34.3 Å². The summed E-state index contributed by atoms with van der Waals surface area (Å²) in [6.45, 7) is 0. The zero-order valence-electron chi connectivity index (χ0n) is 10.6. The molecule has 1 aromatic carbocycles. The standard InChI is InChI=1S/C12H9N5O2S2/c18-10(19)6-8-7-20-12(13-8)21-11-14-15-16-17(11)9-4-2-1-3-5-9/h1-5,7H,6H2,(H,18,19). The highest BCUT2D eigenvalue weighted by atomic mass is 32.2. The number of para-hydroxylation sites is 1. The van der Waals surface area contributed by atoms with E-state index in [1.54, 1.807) is 10.1 Å². The third kappa shape index (κ3) is 3.26. The van der Waals surface area contributed by atoms with E-state index in [0.29, 0.717) is 15.2 Å². The number of benzene rings is 1. The lowest BCUT2D eigenvalue weighted by molar-refractivity contribution is -0.136. The van der Waals surface area contributed by atoms with Crippen LogP contribution in [0.4, 0.5) is 0 Å². The monoisotopic (exact) mass is 319 g/mol. The topological polar surface area (TPSA) is 93.8 Å². The molecule has 0 fully saturated rings. The van der Waals surface area contributed by atoms with E-state index in [1.165, 1.54) is 23.1 Å². The first-order valence-corrected chi connectivity index (χ1v) is 7.60. The van der Waals surface area contributed by atoms with Crippen molar-refractivity contribution in [1.82, 2.24) is 25.2 Å². The molecule has 106 valence electrons. The lowest BCUT2D eigenvalue weighted by Gasteiger charge is -2.01. The Morgan fingerprint density at radius 2 is 2.14 bits per heavy atom. The highest BCUT2D eigenvalue weighted by Crippen LogP contribution is 2.29. The summed E-state index contributed by atoms with van der Waals surface area (Å²) in [5.41, 5.74) is 1.39. The molecule has 3 rings (SSSR count). The van der Waals surface area contributed by atoms with Gasteiger partial charge >= 0.3 is 5.97 Å². The average molecular weight is 319 g/mol. The van der Waals surface area contributed by atoms with E-state index in [1.807, 2.05) is 30.3 Å². The Bertz CT molecular complexity index is 756. The van der Waals surface area contributed by atoms with Crippen LogP contribution in [0.3, 0.4) is 0 Å². The summed E-state index contributed by atoms with van der Waals surface area (Å²) in [6.07, 6.45) is -0.0827. The molecule has 0 amide bonds. The van der Waals surface area contributed by atoms with Gasteiger partial charge in [0.15, 0.2) is 4.34 Å². The third-order valence-corrected chi connectivity index (χ3v) is 4.41. The van der Waals surface area contributed by atoms with Crippen LogP contribution in [0.1, 0.15) is 5.69 Å². The van der Waals surface area contributed by atoms with Crippen LogP contribution in [-0.4, -0.2) is 36.3 Å². The van der Waals surface area contributed by atoms with Crippen molar-refractivity contribution in [2.24, 2.45) is 0 Å². The first-order valence-electron chi connectivity index (χ1n) is 5.90. The molecule has 0 spiro atoms. The van der Waals surface area contributed by atoms with Gasteiger partial charge in [-0.15, -0.1) is 16.4 Å². The summed E-state index contributed by atoms with van der Waals surface area (Å²) >= 11 is 2.68. The minimum absolute atomic E-state index is 0.0827. The number of carbonyl (C=O) groups is 1. The van der Waals surface area contributed by atoms with E-state index in [2.05, 4.69) is 20.5 Å². The number of rotatable bonds is 5. The van der Waals surface area contributed by atoms with Crippen molar-refractivity contribution in [3.05, 3.63) is 41.4 Å². The van der Waals surface area contributed by atoms with E-state index in [9.17, 15) is 4.79 Å². The smallest absolute Gasteiger partial charge is 0.309 e. The molecule has 0 aliphatic rings. The molecule has 0 saturated heterocycles. The maximum atomic E-state index is 10.7. The van der Waals surface area contributed by atoms with Gasteiger partial charge in [-0.25, -0.2) is 4.98 Å². The second kappa shape index (κ2) is 6.02. The molecule has 21 heavy (non-hydrogen) atoms. The molecular formula is C12H9N5O2S2. The molecule has 0 unspecified atom stereocenters. The summed E-state index contributed by atoms with van der Waals surface area (Å²) in [7, 11) is 0. The fraction of sp³-hybridized carbons (Fsp3) is 0.0833. The first-order chi connectivity index (χ1) is 10.2. The minimum atomic E-state index is -0.897. The maximum absolute atomic E-state index is 10.7. The number of nitrogens with zero attached hydrogens (tertiary/aromatic N) is 5.